The zero-order valence-corrected chi connectivity index (χ0v) is 20.8. The predicted molar refractivity (Wildman–Crippen MR) is 140 cm³/mol. The highest BCUT2D eigenvalue weighted by Gasteiger charge is 2.31. The molecule has 0 fully saturated rings. The Kier molecular flexibility index (Phi) is 7.97. The van der Waals surface area contributed by atoms with Gasteiger partial charge in [-0.15, -0.1) is 0 Å². The Morgan fingerprint density at radius 1 is 0.914 bits per heavy atom. The molecule has 4 N–H and O–H groups in total. The Bertz CT molecular complexity index is 1160. The summed E-state index contributed by atoms with van der Waals surface area (Å²) in [5.41, 5.74) is 9.20. The standard InChI is InChI=1S/C29H34N2O4/c1-28(2,3)24-18-23(31-27(34)29(4,30)19-26(32)33)14-15-25(24)35-17-16-20-10-12-22(13-11-20)21-8-6-5-7-9-21/h5-15,18H,16-17,19,30H2,1-4H3,(H,31,34)(H,32,33)/t29-/m0/s1. The third kappa shape index (κ3) is 7.17. The molecule has 1 amide bonds. The van der Waals surface area contributed by atoms with Crippen molar-refractivity contribution in [2.75, 3.05) is 11.9 Å². The lowest BCUT2D eigenvalue weighted by atomic mass is 9.86. The van der Waals surface area contributed by atoms with Crippen molar-refractivity contribution in [3.8, 4) is 16.9 Å². The van der Waals surface area contributed by atoms with Crippen molar-refractivity contribution in [2.45, 2.75) is 51.5 Å². The molecule has 0 unspecified atom stereocenters. The molecule has 3 aromatic rings. The first-order valence-electron chi connectivity index (χ1n) is 11.7. The summed E-state index contributed by atoms with van der Waals surface area (Å²) in [6.45, 7) is 8.13. The van der Waals surface area contributed by atoms with Gasteiger partial charge in [-0.25, -0.2) is 0 Å². The maximum Gasteiger partial charge on any atom is 0.305 e. The van der Waals surface area contributed by atoms with Crippen LogP contribution < -0.4 is 15.8 Å². The summed E-state index contributed by atoms with van der Waals surface area (Å²) in [6.07, 6.45) is 0.302. The minimum absolute atomic E-state index is 0.236. The quantitative estimate of drug-likeness (QED) is 0.385. The highest BCUT2D eigenvalue weighted by molar-refractivity contribution is 5.99. The van der Waals surface area contributed by atoms with Gasteiger partial charge in [-0.1, -0.05) is 75.4 Å². The van der Waals surface area contributed by atoms with Crippen molar-refractivity contribution in [1.82, 2.24) is 0 Å². The van der Waals surface area contributed by atoms with E-state index in [0.29, 0.717) is 12.3 Å². The average molecular weight is 475 g/mol. The van der Waals surface area contributed by atoms with E-state index < -0.39 is 23.8 Å². The van der Waals surface area contributed by atoms with Crippen LogP contribution in [0.2, 0.25) is 0 Å². The molecule has 0 saturated heterocycles. The smallest absolute Gasteiger partial charge is 0.305 e. The molecule has 0 radical (unpaired) electrons. The van der Waals surface area contributed by atoms with Gasteiger partial charge in [-0.3, -0.25) is 9.59 Å². The van der Waals surface area contributed by atoms with Gasteiger partial charge in [-0.2, -0.15) is 0 Å². The van der Waals surface area contributed by atoms with Crippen LogP contribution in [-0.4, -0.2) is 29.1 Å². The van der Waals surface area contributed by atoms with Gasteiger partial charge in [-0.05, 0) is 47.2 Å². The first-order chi connectivity index (χ1) is 16.5. The van der Waals surface area contributed by atoms with Gasteiger partial charge in [0.15, 0.2) is 0 Å². The second-order valence-electron chi connectivity index (χ2n) is 10.1. The van der Waals surface area contributed by atoms with Crippen molar-refractivity contribution in [3.63, 3.8) is 0 Å². The fourth-order valence-electron chi connectivity index (χ4n) is 3.76. The summed E-state index contributed by atoms with van der Waals surface area (Å²) in [7, 11) is 0. The number of carboxylic acids is 1. The van der Waals surface area contributed by atoms with Gasteiger partial charge in [0.05, 0.1) is 13.0 Å². The number of carbonyl (C=O) groups excluding carboxylic acids is 1. The van der Waals surface area contributed by atoms with Crippen LogP contribution in [0.15, 0.2) is 72.8 Å². The molecule has 0 saturated carbocycles. The molecule has 35 heavy (non-hydrogen) atoms. The summed E-state index contributed by atoms with van der Waals surface area (Å²) in [5, 5.41) is 11.8. The zero-order valence-electron chi connectivity index (χ0n) is 20.8. The summed E-state index contributed by atoms with van der Waals surface area (Å²) in [5.74, 6) is -0.927. The summed E-state index contributed by atoms with van der Waals surface area (Å²) in [4.78, 5) is 23.5. The summed E-state index contributed by atoms with van der Waals surface area (Å²) >= 11 is 0. The number of nitrogens with two attached hydrogens (primary N) is 1. The minimum atomic E-state index is -1.51. The van der Waals surface area contributed by atoms with Gasteiger partial charge < -0.3 is 20.9 Å². The molecule has 6 heteroatoms. The summed E-state index contributed by atoms with van der Waals surface area (Å²) < 4.78 is 6.15. The van der Waals surface area contributed by atoms with E-state index in [4.69, 9.17) is 15.6 Å². The number of amides is 1. The van der Waals surface area contributed by atoms with Crippen LogP contribution in [-0.2, 0) is 21.4 Å². The Balaban J connectivity index is 1.67. The molecule has 6 nitrogen and oxygen atoms in total. The van der Waals surface area contributed by atoms with Crippen molar-refractivity contribution in [1.29, 1.82) is 0 Å². The molecule has 1 atom stereocenters. The lowest BCUT2D eigenvalue weighted by Gasteiger charge is -2.25. The van der Waals surface area contributed by atoms with E-state index in [1.54, 1.807) is 6.07 Å². The number of hydrogen-bond acceptors (Lipinski definition) is 4. The van der Waals surface area contributed by atoms with Crippen LogP contribution in [0.3, 0.4) is 0 Å². The molecule has 0 heterocycles. The number of ether oxygens (including phenoxy) is 1. The molecule has 184 valence electrons. The number of carboxylic acid groups (broad SMARTS) is 1. The first kappa shape index (κ1) is 26.0. The van der Waals surface area contributed by atoms with E-state index in [-0.39, 0.29) is 5.41 Å². The number of benzene rings is 3. The number of rotatable bonds is 9. The maximum absolute atomic E-state index is 12.5. The third-order valence-electron chi connectivity index (χ3n) is 5.79. The van der Waals surface area contributed by atoms with E-state index in [2.05, 4.69) is 62.5 Å². The normalized spacial score (nSPS) is 13.1. The third-order valence-corrected chi connectivity index (χ3v) is 5.79. The molecule has 0 aliphatic rings. The van der Waals surface area contributed by atoms with Crippen LogP contribution >= 0.6 is 0 Å². The predicted octanol–water partition coefficient (Wildman–Crippen LogP) is 5.40. The monoisotopic (exact) mass is 474 g/mol. The van der Waals surface area contributed by atoms with E-state index in [1.165, 1.54) is 23.6 Å². The van der Waals surface area contributed by atoms with Crippen LogP contribution in [0.4, 0.5) is 5.69 Å². The zero-order chi connectivity index (χ0) is 25.6. The Labute approximate surface area is 207 Å². The molecular formula is C29H34N2O4. The van der Waals surface area contributed by atoms with Crippen LogP contribution in [0.25, 0.3) is 11.1 Å². The van der Waals surface area contributed by atoms with Gasteiger partial charge in [0.2, 0.25) is 5.91 Å². The maximum atomic E-state index is 12.5. The number of carbonyl (C=O) groups is 2. The largest absolute Gasteiger partial charge is 0.493 e. The SMILES string of the molecule is CC(C)(C)c1cc(NC(=O)[C@@](C)(N)CC(=O)O)ccc1OCCc1ccc(-c2ccccc2)cc1. The fraction of sp³-hybridized carbons (Fsp3) is 0.310. The highest BCUT2D eigenvalue weighted by Crippen LogP contribution is 2.34. The van der Waals surface area contributed by atoms with Gasteiger partial charge >= 0.3 is 5.97 Å². The molecule has 0 aliphatic carbocycles. The molecule has 0 bridgehead atoms. The van der Waals surface area contributed by atoms with Gasteiger partial charge in [0, 0.05) is 17.7 Å². The number of anilines is 1. The van der Waals surface area contributed by atoms with Gasteiger partial charge in [0.25, 0.3) is 0 Å². The number of hydrogen-bond donors (Lipinski definition) is 3. The van der Waals surface area contributed by atoms with E-state index in [9.17, 15) is 9.59 Å². The lowest BCUT2D eigenvalue weighted by molar-refractivity contribution is -0.140. The summed E-state index contributed by atoms with van der Waals surface area (Å²) in [6, 6.07) is 24.2. The van der Waals surface area contributed by atoms with Crippen LogP contribution in [0.5, 0.6) is 5.75 Å². The number of aliphatic carboxylic acids is 1. The average Bonchev–Trinajstić information content (AvgIpc) is 2.79. The molecular weight excluding hydrogens is 440 g/mol. The molecule has 0 aliphatic heterocycles. The Hall–Kier alpha value is -3.64. The minimum Gasteiger partial charge on any atom is -0.493 e. The Morgan fingerprint density at radius 3 is 2.14 bits per heavy atom. The second kappa shape index (κ2) is 10.7. The van der Waals surface area contributed by atoms with Crippen LogP contribution in [0, 0.1) is 0 Å². The van der Waals surface area contributed by atoms with Crippen molar-refractivity contribution in [3.05, 3.63) is 83.9 Å². The molecule has 0 spiro atoms. The molecule has 3 aromatic carbocycles. The van der Waals surface area contributed by atoms with Crippen molar-refractivity contribution in [2.24, 2.45) is 5.73 Å². The first-order valence-corrected chi connectivity index (χ1v) is 11.7. The van der Waals surface area contributed by atoms with E-state index in [0.717, 1.165) is 17.7 Å². The molecule has 0 aromatic heterocycles. The lowest BCUT2D eigenvalue weighted by Crippen LogP contribution is -2.49. The molecule has 3 rings (SSSR count). The fourth-order valence-corrected chi connectivity index (χ4v) is 3.76. The van der Waals surface area contributed by atoms with Crippen LogP contribution in [0.1, 0.15) is 45.2 Å². The van der Waals surface area contributed by atoms with E-state index in [1.807, 2.05) is 30.3 Å². The van der Waals surface area contributed by atoms with Gasteiger partial charge in [0.1, 0.15) is 11.3 Å². The Morgan fingerprint density at radius 2 is 1.54 bits per heavy atom. The number of nitrogens with one attached hydrogen (secondary N) is 1. The van der Waals surface area contributed by atoms with Crippen molar-refractivity contribution < 1.29 is 19.4 Å². The van der Waals surface area contributed by atoms with E-state index >= 15 is 0 Å². The topological polar surface area (TPSA) is 102 Å². The second-order valence-corrected chi connectivity index (χ2v) is 10.1. The highest BCUT2D eigenvalue weighted by atomic mass is 16.5. The van der Waals surface area contributed by atoms with Crippen molar-refractivity contribution >= 4 is 17.6 Å².